The third-order valence-electron chi connectivity index (χ3n) is 6.79. The number of imidazole rings is 2. The van der Waals surface area contributed by atoms with Crippen LogP contribution < -0.4 is 4.57 Å². The zero-order valence-corrected chi connectivity index (χ0v) is 19.7. The molecule has 0 saturated heterocycles. The molecule has 0 amide bonds. The van der Waals surface area contributed by atoms with Gasteiger partial charge in [0, 0.05) is 17.0 Å². The molecule has 0 radical (unpaired) electrons. The van der Waals surface area contributed by atoms with E-state index in [2.05, 4.69) is 122 Å². The van der Waals surface area contributed by atoms with E-state index in [-0.39, 0.29) is 0 Å². The van der Waals surface area contributed by atoms with Gasteiger partial charge >= 0.3 is 0 Å². The molecule has 0 unspecified atom stereocenters. The van der Waals surface area contributed by atoms with Crippen LogP contribution in [-0.2, 0) is 7.05 Å². The summed E-state index contributed by atoms with van der Waals surface area (Å²) in [6.45, 7) is 8.66. The van der Waals surface area contributed by atoms with E-state index in [1.807, 2.05) is 0 Å². The molecule has 3 aromatic carbocycles. The van der Waals surface area contributed by atoms with Crippen LogP contribution in [0.25, 0.3) is 44.4 Å². The van der Waals surface area contributed by atoms with Gasteiger partial charge in [-0.1, -0.05) is 60.2 Å². The number of aryl methyl sites for hydroxylation is 5. The fraction of sp³-hybridized carbons (Fsp3) is 0.172. The van der Waals surface area contributed by atoms with E-state index < -0.39 is 0 Å². The summed E-state index contributed by atoms with van der Waals surface area (Å²) in [5, 5.41) is 3.71. The smallest absolute Gasteiger partial charge is 0.249 e. The van der Waals surface area contributed by atoms with E-state index in [1.54, 1.807) is 0 Å². The zero-order chi connectivity index (χ0) is 22.9. The van der Waals surface area contributed by atoms with Crippen molar-refractivity contribution in [3.63, 3.8) is 0 Å². The van der Waals surface area contributed by atoms with Crippen LogP contribution in [0.15, 0.2) is 73.3 Å². The fourth-order valence-corrected chi connectivity index (χ4v) is 5.22. The minimum Gasteiger partial charge on any atom is -0.298 e. The minimum atomic E-state index is 0.972. The first-order valence-electron chi connectivity index (χ1n) is 11.4. The summed E-state index contributed by atoms with van der Waals surface area (Å²) < 4.78 is 6.65. The Labute approximate surface area is 193 Å². The molecular formula is C29H27N4+. The second kappa shape index (κ2) is 7.04. The third-order valence-corrected chi connectivity index (χ3v) is 6.79. The van der Waals surface area contributed by atoms with E-state index >= 15 is 0 Å². The number of hydrogen-bond donors (Lipinski definition) is 0. The lowest BCUT2D eigenvalue weighted by atomic mass is 10.0. The van der Waals surface area contributed by atoms with Crippen molar-refractivity contribution in [3.8, 4) is 17.1 Å². The van der Waals surface area contributed by atoms with Gasteiger partial charge in [0.2, 0.25) is 6.33 Å². The molecule has 0 aliphatic heterocycles. The minimum absolute atomic E-state index is 0.972. The van der Waals surface area contributed by atoms with Crippen LogP contribution >= 0.6 is 0 Å². The largest absolute Gasteiger partial charge is 0.298 e. The molecule has 0 saturated carbocycles. The van der Waals surface area contributed by atoms with Gasteiger partial charge in [-0.15, -0.1) is 0 Å². The molecule has 0 spiro atoms. The van der Waals surface area contributed by atoms with E-state index in [1.165, 1.54) is 49.6 Å². The van der Waals surface area contributed by atoms with Crippen molar-refractivity contribution in [1.29, 1.82) is 0 Å². The average Bonchev–Trinajstić information content (AvgIpc) is 3.37. The number of rotatable bonds is 2. The molecule has 3 aromatic heterocycles. The normalized spacial score (nSPS) is 11.8. The summed E-state index contributed by atoms with van der Waals surface area (Å²) in [5.74, 6) is 0. The first-order chi connectivity index (χ1) is 15.9. The summed E-state index contributed by atoms with van der Waals surface area (Å²) >= 11 is 0. The van der Waals surface area contributed by atoms with Gasteiger partial charge in [0.25, 0.3) is 0 Å². The number of para-hydroxylation sites is 2. The van der Waals surface area contributed by atoms with Crippen molar-refractivity contribution in [2.75, 3.05) is 0 Å². The summed E-state index contributed by atoms with van der Waals surface area (Å²) in [7, 11) is 2.09. The van der Waals surface area contributed by atoms with Crippen LogP contribution in [0.4, 0.5) is 0 Å². The van der Waals surface area contributed by atoms with E-state index in [4.69, 9.17) is 4.98 Å². The summed E-state index contributed by atoms with van der Waals surface area (Å²) in [4.78, 5) is 5.17. The quantitative estimate of drug-likeness (QED) is 0.238. The lowest BCUT2D eigenvalue weighted by Gasteiger charge is -2.10. The maximum Gasteiger partial charge on any atom is 0.249 e. The highest BCUT2D eigenvalue weighted by Gasteiger charge is 2.21. The van der Waals surface area contributed by atoms with Crippen molar-refractivity contribution in [2.45, 2.75) is 27.7 Å². The SMILES string of the molecule is Cc1ccc2c(c1)c1cccc(C)c1n1cc(-c3c[n+](-c4c(C)cccc4C)cn3C)nc21. The van der Waals surface area contributed by atoms with E-state index in [9.17, 15) is 0 Å². The lowest BCUT2D eigenvalue weighted by molar-refractivity contribution is -0.595. The van der Waals surface area contributed by atoms with Gasteiger partial charge < -0.3 is 0 Å². The van der Waals surface area contributed by atoms with Gasteiger partial charge in [-0.3, -0.25) is 4.40 Å². The number of aromatic nitrogens is 4. The van der Waals surface area contributed by atoms with E-state index in [0.717, 1.165) is 17.0 Å². The predicted molar refractivity (Wildman–Crippen MR) is 135 cm³/mol. The number of nitrogens with zero attached hydrogens (tertiary/aromatic N) is 4. The Hall–Kier alpha value is -3.92. The molecule has 162 valence electrons. The highest BCUT2D eigenvalue weighted by atomic mass is 15.1. The maximum absolute atomic E-state index is 5.17. The number of fused-ring (bicyclic) bond motifs is 6. The maximum atomic E-state index is 5.17. The molecule has 0 aliphatic carbocycles. The summed E-state index contributed by atoms with van der Waals surface area (Å²) in [5.41, 5.74) is 10.5. The Morgan fingerprint density at radius 3 is 2.30 bits per heavy atom. The standard InChI is InChI=1S/C29H27N4/c1-18-12-13-23-24(14-18)22-11-7-10-21(4)28(22)33-15-25(30-29(23)33)26-16-32(17-31(26)5)27-19(2)8-6-9-20(27)3/h6-17H,1-5H3/q+1. The van der Waals surface area contributed by atoms with Crippen LogP contribution in [0.1, 0.15) is 22.3 Å². The Morgan fingerprint density at radius 1 is 0.788 bits per heavy atom. The van der Waals surface area contributed by atoms with Crippen molar-refractivity contribution in [2.24, 2.45) is 7.05 Å². The zero-order valence-electron chi connectivity index (χ0n) is 19.7. The molecule has 33 heavy (non-hydrogen) atoms. The number of benzene rings is 3. The number of pyridine rings is 1. The summed E-state index contributed by atoms with van der Waals surface area (Å²) in [6.07, 6.45) is 6.52. The highest BCUT2D eigenvalue weighted by Crippen LogP contribution is 2.33. The van der Waals surface area contributed by atoms with E-state index in [0.29, 0.717) is 0 Å². The second-order valence-electron chi connectivity index (χ2n) is 9.23. The Bertz CT molecular complexity index is 1700. The monoisotopic (exact) mass is 431 g/mol. The van der Waals surface area contributed by atoms with Gasteiger partial charge in [0.05, 0.1) is 12.6 Å². The molecule has 3 heterocycles. The second-order valence-corrected chi connectivity index (χ2v) is 9.23. The molecule has 6 rings (SSSR count). The first-order valence-corrected chi connectivity index (χ1v) is 11.4. The molecule has 4 nitrogen and oxygen atoms in total. The van der Waals surface area contributed by atoms with Gasteiger partial charge in [-0.25, -0.2) is 14.1 Å². The average molecular weight is 432 g/mol. The van der Waals surface area contributed by atoms with Crippen molar-refractivity contribution in [1.82, 2.24) is 14.0 Å². The topological polar surface area (TPSA) is 26.1 Å². The molecule has 0 bridgehead atoms. The van der Waals surface area contributed by atoms with Gasteiger partial charge in [0.15, 0.2) is 5.69 Å². The van der Waals surface area contributed by atoms with Crippen LogP contribution in [0.3, 0.4) is 0 Å². The molecule has 0 aliphatic rings. The molecule has 0 atom stereocenters. The first kappa shape index (κ1) is 19.7. The highest BCUT2D eigenvalue weighted by molar-refractivity contribution is 6.12. The fourth-order valence-electron chi connectivity index (χ4n) is 5.22. The van der Waals surface area contributed by atoms with Crippen LogP contribution in [-0.4, -0.2) is 14.0 Å². The van der Waals surface area contributed by atoms with Crippen molar-refractivity contribution in [3.05, 3.63) is 95.6 Å². The Morgan fingerprint density at radius 2 is 1.52 bits per heavy atom. The Kier molecular flexibility index (Phi) is 4.21. The molecule has 4 heteroatoms. The molecular weight excluding hydrogens is 404 g/mol. The van der Waals surface area contributed by atoms with Crippen molar-refractivity contribution >= 4 is 27.3 Å². The summed E-state index contributed by atoms with van der Waals surface area (Å²) in [6, 6.07) is 19.7. The van der Waals surface area contributed by atoms with Gasteiger partial charge in [0.1, 0.15) is 23.2 Å². The lowest BCUT2D eigenvalue weighted by Crippen LogP contribution is -2.29. The van der Waals surface area contributed by atoms with Crippen LogP contribution in [0.5, 0.6) is 0 Å². The van der Waals surface area contributed by atoms with Crippen molar-refractivity contribution < 1.29 is 4.57 Å². The van der Waals surface area contributed by atoms with Crippen LogP contribution in [0, 0.1) is 27.7 Å². The molecule has 0 N–H and O–H groups in total. The van der Waals surface area contributed by atoms with Gasteiger partial charge in [-0.2, -0.15) is 0 Å². The molecule has 0 fully saturated rings. The van der Waals surface area contributed by atoms with Gasteiger partial charge in [-0.05, 0) is 49.8 Å². The predicted octanol–water partition coefficient (Wildman–Crippen LogP) is 6.16. The third kappa shape index (κ3) is 2.91. The number of hydrogen-bond acceptors (Lipinski definition) is 1. The molecule has 6 aromatic rings. The van der Waals surface area contributed by atoms with Crippen LogP contribution in [0.2, 0.25) is 0 Å². The Balaban J connectivity index is 1.65.